The Kier molecular flexibility index (Phi) is 2.84. The van der Waals surface area contributed by atoms with Crippen LogP contribution in [0.25, 0.3) is 0 Å². The van der Waals surface area contributed by atoms with E-state index in [1.54, 1.807) is 9.79 Å². The lowest BCUT2D eigenvalue weighted by molar-refractivity contribution is -0.112. The fraction of sp³-hybridized carbons (Fsp3) is 0.500. The van der Waals surface area contributed by atoms with Crippen LogP contribution in [0.4, 0.5) is 0 Å². The van der Waals surface area contributed by atoms with Crippen LogP contribution in [0.5, 0.6) is 0 Å². The zero-order valence-electron chi connectivity index (χ0n) is 8.17. The predicted molar refractivity (Wildman–Crippen MR) is 54.1 cm³/mol. The second kappa shape index (κ2) is 4.28. The molecule has 1 aliphatic heterocycles. The highest BCUT2D eigenvalue weighted by Gasteiger charge is 2.17. The normalized spacial score (nSPS) is 18.0. The summed E-state index contributed by atoms with van der Waals surface area (Å²) in [7, 11) is 0. The van der Waals surface area contributed by atoms with Crippen molar-refractivity contribution < 1.29 is 4.79 Å². The van der Waals surface area contributed by atoms with E-state index in [4.69, 9.17) is 0 Å². The van der Waals surface area contributed by atoms with E-state index in [1.165, 1.54) is 19.3 Å². The maximum Gasteiger partial charge on any atom is 0.243 e. The molecule has 1 fully saturated rings. The van der Waals surface area contributed by atoms with Crippen molar-refractivity contribution in [3.05, 3.63) is 24.5 Å². The second-order valence-corrected chi connectivity index (χ2v) is 3.50. The molecule has 76 valence electrons. The van der Waals surface area contributed by atoms with E-state index in [0.29, 0.717) is 0 Å². The van der Waals surface area contributed by atoms with Gasteiger partial charge in [-0.3, -0.25) is 9.47 Å². The predicted octanol–water partition coefficient (Wildman–Crippen LogP) is 0.983. The minimum Gasteiger partial charge on any atom is -0.275 e. The third-order valence-electron chi connectivity index (χ3n) is 2.54. The molecule has 0 radical (unpaired) electrons. The van der Waals surface area contributed by atoms with Gasteiger partial charge in [0.15, 0.2) is 0 Å². The van der Waals surface area contributed by atoms with Gasteiger partial charge in [-0.15, -0.1) is 0 Å². The summed E-state index contributed by atoms with van der Waals surface area (Å²) in [5.41, 5.74) is 0. The fourth-order valence-corrected chi connectivity index (χ4v) is 1.81. The van der Waals surface area contributed by atoms with Gasteiger partial charge in [-0.25, -0.2) is 0 Å². The number of aromatic nitrogens is 1. The van der Waals surface area contributed by atoms with Crippen molar-refractivity contribution in [2.24, 2.45) is 0 Å². The van der Waals surface area contributed by atoms with Crippen molar-refractivity contribution >= 4 is 6.41 Å². The number of piperidine rings is 1. The number of carbonyl (C=O) groups is 1. The molecule has 1 aliphatic rings. The minimum absolute atomic E-state index is 0.866. The van der Waals surface area contributed by atoms with Crippen molar-refractivity contribution in [1.82, 2.24) is 9.69 Å². The molecule has 0 atom stereocenters. The molecule has 1 saturated heterocycles. The number of nitrogens with zero attached hydrogens (tertiary/aromatic N) is 3. The summed E-state index contributed by atoms with van der Waals surface area (Å²) in [4.78, 5) is 11.0. The van der Waals surface area contributed by atoms with Crippen LogP contribution >= 0.6 is 0 Å². The van der Waals surface area contributed by atoms with Crippen molar-refractivity contribution in [1.29, 1.82) is 0 Å². The lowest BCUT2D eigenvalue weighted by Crippen LogP contribution is -2.50. The van der Waals surface area contributed by atoms with E-state index in [0.717, 1.165) is 19.5 Å². The highest BCUT2D eigenvalue weighted by molar-refractivity contribution is 5.59. The van der Waals surface area contributed by atoms with Crippen molar-refractivity contribution in [3.8, 4) is 0 Å². The van der Waals surface area contributed by atoms with E-state index >= 15 is 0 Å². The Hall–Kier alpha value is -1.29. The molecule has 14 heavy (non-hydrogen) atoms. The number of hydrogen-bond acceptors (Lipinski definition) is 2. The fourth-order valence-electron chi connectivity index (χ4n) is 1.81. The Morgan fingerprint density at radius 2 is 1.71 bits per heavy atom. The Morgan fingerprint density at radius 3 is 2.29 bits per heavy atom. The quantitative estimate of drug-likeness (QED) is 0.669. The molecule has 0 bridgehead atoms. The van der Waals surface area contributed by atoms with Crippen molar-refractivity contribution in [3.63, 3.8) is 0 Å². The summed E-state index contributed by atoms with van der Waals surface area (Å²) >= 11 is 0. The van der Waals surface area contributed by atoms with Crippen LogP contribution in [-0.2, 0) is 4.79 Å². The van der Waals surface area contributed by atoms with Crippen LogP contribution in [0.2, 0.25) is 0 Å². The summed E-state index contributed by atoms with van der Waals surface area (Å²) in [6, 6.07) is 3.83. The van der Waals surface area contributed by atoms with Gasteiger partial charge in [0.1, 0.15) is 0 Å². The third-order valence-corrected chi connectivity index (χ3v) is 2.54. The third kappa shape index (κ3) is 1.80. The maximum atomic E-state index is 11.0. The molecule has 0 aromatic carbocycles. The summed E-state index contributed by atoms with van der Waals surface area (Å²) < 4.78 is 1.80. The highest BCUT2D eigenvalue weighted by Crippen LogP contribution is 2.10. The standard InChI is InChI=1S/C10H15N3O/c14-10-13(12-8-4-5-9-12)11-6-2-1-3-7-11/h4-5,8-10H,1-3,6-7H2. The molecule has 2 rings (SSSR count). The maximum absolute atomic E-state index is 11.0. The van der Waals surface area contributed by atoms with Gasteiger partial charge in [0, 0.05) is 25.5 Å². The van der Waals surface area contributed by atoms with Gasteiger partial charge in [-0.1, -0.05) is 6.42 Å². The largest absolute Gasteiger partial charge is 0.275 e. The van der Waals surface area contributed by atoms with Crippen LogP contribution in [0.3, 0.4) is 0 Å². The Balaban J connectivity index is 2.08. The number of carbonyl (C=O) groups excluding carboxylic acids is 1. The van der Waals surface area contributed by atoms with Crippen molar-refractivity contribution in [2.75, 3.05) is 18.2 Å². The SMILES string of the molecule is O=CN(N1CCCCC1)n1cccc1. The summed E-state index contributed by atoms with van der Waals surface area (Å²) in [5.74, 6) is 0. The number of amides is 1. The van der Waals surface area contributed by atoms with Crippen LogP contribution in [0.1, 0.15) is 19.3 Å². The lowest BCUT2D eigenvalue weighted by Gasteiger charge is -2.34. The van der Waals surface area contributed by atoms with Gasteiger partial charge < -0.3 is 0 Å². The van der Waals surface area contributed by atoms with Crippen LogP contribution in [0, 0.1) is 0 Å². The smallest absolute Gasteiger partial charge is 0.243 e. The summed E-state index contributed by atoms with van der Waals surface area (Å²) in [6.45, 7) is 1.94. The second-order valence-electron chi connectivity index (χ2n) is 3.50. The number of hydrogen-bond donors (Lipinski definition) is 0. The first kappa shape index (κ1) is 9.27. The molecule has 1 amide bonds. The van der Waals surface area contributed by atoms with Gasteiger partial charge >= 0.3 is 0 Å². The molecule has 0 N–H and O–H groups in total. The molecule has 0 aliphatic carbocycles. The topological polar surface area (TPSA) is 28.5 Å². The molecule has 1 aromatic heterocycles. The van der Waals surface area contributed by atoms with Crippen LogP contribution in [0.15, 0.2) is 24.5 Å². The van der Waals surface area contributed by atoms with Gasteiger partial charge in [0.2, 0.25) is 6.41 Å². The molecule has 1 aromatic rings. The molecule has 0 spiro atoms. The molecular weight excluding hydrogens is 178 g/mol. The summed E-state index contributed by atoms with van der Waals surface area (Å²) in [6.07, 6.45) is 8.24. The van der Waals surface area contributed by atoms with Crippen LogP contribution in [-0.4, -0.2) is 29.2 Å². The average molecular weight is 193 g/mol. The zero-order chi connectivity index (χ0) is 9.80. The van der Waals surface area contributed by atoms with Gasteiger partial charge in [0.05, 0.1) is 0 Å². The molecule has 4 nitrogen and oxygen atoms in total. The molecule has 4 heteroatoms. The van der Waals surface area contributed by atoms with Crippen molar-refractivity contribution in [2.45, 2.75) is 19.3 Å². The molecule has 0 saturated carbocycles. The van der Waals surface area contributed by atoms with Gasteiger partial charge in [-0.2, -0.15) is 10.1 Å². The first-order valence-corrected chi connectivity index (χ1v) is 5.04. The van der Waals surface area contributed by atoms with E-state index < -0.39 is 0 Å². The Labute approximate surface area is 83.7 Å². The Morgan fingerprint density at radius 1 is 1.07 bits per heavy atom. The monoisotopic (exact) mass is 193 g/mol. The van der Waals surface area contributed by atoms with E-state index in [1.807, 2.05) is 24.5 Å². The van der Waals surface area contributed by atoms with E-state index in [2.05, 4.69) is 5.01 Å². The molecule has 2 heterocycles. The Bertz CT molecular complexity index is 278. The van der Waals surface area contributed by atoms with E-state index in [-0.39, 0.29) is 0 Å². The van der Waals surface area contributed by atoms with Gasteiger partial charge in [-0.05, 0) is 25.0 Å². The lowest BCUT2D eigenvalue weighted by atomic mass is 10.2. The summed E-state index contributed by atoms with van der Waals surface area (Å²) in [5, 5.41) is 3.72. The molecular formula is C10H15N3O. The first-order chi connectivity index (χ1) is 6.92. The number of rotatable bonds is 3. The number of hydrazine groups is 1. The average Bonchev–Trinajstić information content (AvgIpc) is 2.74. The zero-order valence-corrected chi connectivity index (χ0v) is 8.17. The van der Waals surface area contributed by atoms with E-state index in [9.17, 15) is 4.79 Å². The van der Waals surface area contributed by atoms with Crippen LogP contribution < -0.4 is 5.12 Å². The minimum atomic E-state index is 0.866. The first-order valence-electron chi connectivity index (χ1n) is 5.04. The van der Waals surface area contributed by atoms with Gasteiger partial charge in [0.25, 0.3) is 0 Å². The highest BCUT2D eigenvalue weighted by atomic mass is 16.2. The molecule has 0 unspecified atom stereocenters.